The molecular weight excluding hydrogens is 402 g/mol. The number of unbranched alkanes of at least 4 members (excludes halogenated alkanes) is 2. The van der Waals surface area contributed by atoms with Crippen LogP contribution in [-0.2, 0) is 13.0 Å². The van der Waals surface area contributed by atoms with E-state index in [1.165, 1.54) is 0 Å². The normalized spacial score (nSPS) is 11.4. The van der Waals surface area contributed by atoms with Crippen LogP contribution in [0.2, 0.25) is 0 Å². The molecule has 4 aromatic rings. The quantitative estimate of drug-likeness (QED) is 0.400. The van der Waals surface area contributed by atoms with Gasteiger partial charge in [0, 0.05) is 12.0 Å². The highest BCUT2D eigenvalue weighted by Gasteiger charge is 2.15. The third kappa shape index (κ3) is 4.69. The molecule has 166 valence electrons. The first kappa shape index (κ1) is 21.7. The fraction of sp³-hybridized carbons (Fsp3) is 0.375. The van der Waals surface area contributed by atoms with E-state index in [4.69, 9.17) is 0 Å². The molecule has 0 radical (unpaired) electrons. The van der Waals surface area contributed by atoms with Crippen LogP contribution in [0.25, 0.3) is 22.5 Å². The van der Waals surface area contributed by atoms with Gasteiger partial charge in [0.25, 0.3) is 0 Å². The monoisotopic (exact) mass is 431 g/mol. The first-order chi connectivity index (χ1) is 15.6. The first-order valence-corrected chi connectivity index (χ1v) is 11.2. The molecule has 0 bridgehead atoms. The standard InChI is InChI=1S/C24H29N7O/c1-4-5-6-10-22-27-31(17(2)3)24(32)30(22)16-18-11-13-19(14-12-18)20-8-7-9-21(15-20)23-25-28-29-26-23/h7-9,11-15,17H,4-6,10,16H2,1-3H3,(H,25,26,28,29). The Bertz CT molecular complexity index is 1200. The summed E-state index contributed by atoms with van der Waals surface area (Å²) in [6, 6.07) is 16.4. The van der Waals surface area contributed by atoms with Crippen molar-refractivity contribution in [3.05, 3.63) is 70.4 Å². The van der Waals surface area contributed by atoms with E-state index >= 15 is 0 Å². The van der Waals surface area contributed by atoms with Gasteiger partial charge in [-0.2, -0.15) is 10.3 Å². The Kier molecular flexibility index (Phi) is 6.58. The van der Waals surface area contributed by atoms with Gasteiger partial charge in [-0.1, -0.05) is 62.2 Å². The van der Waals surface area contributed by atoms with Gasteiger partial charge in [-0.3, -0.25) is 4.57 Å². The molecule has 8 heteroatoms. The smallest absolute Gasteiger partial charge is 0.274 e. The number of tetrazole rings is 1. The van der Waals surface area contributed by atoms with E-state index in [0.29, 0.717) is 12.4 Å². The van der Waals surface area contributed by atoms with Crippen LogP contribution in [0, 0.1) is 0 Å². The maximum absolute atomic E-state index is 13.0. The fourth-order valence-corrected chi connectivity index (χ4v) is 3.78. The van der Waals surface area contributed by atoms with Gasteiger partial charge in [0.2, 0.25) is 5.82 Å². The van der Waals surface area contributed by atoms with E-state index in [0.717, 1.165) is 53.8 Å². The maximum Gasteiger partial charge on any atom is 0.346 e. The summed E-state index contributed by atoms with van der Waals surface area (Å²) in [5, 5.41) is 18.8. The van der Waals surface area contributed by atoms with E-state index in [1.54, 1.807) is 4.68 Å². The number of benzene rings is 2. The molecule has 0 aliphatic carbocycles. The molecule has 0 saturated carbocycles. The lowest BCUT2D eigenvalue weighted by Gasteiger charge is -2.08. The molecule has 2 aromatic heterocycles. The predicted molar refractivity (Wildman–Crippen MR) is 124 cm³/mol. The van der Waals surface area contributed by atoms with Gasteiger partial charge in [-0.15, -0.1) is 10.2 Å². The van der Waals surface area contributed by atoms with Crippen LogP contribution >= 0.6 is 0 Å². The number of hydrogen-bond acceptors (Lipinski definition) is 5. The summed E-state index contributed by atoms with van der Waals surface area (Å²) in [7, 11) is 0. The predicted octanol–water partition coefficient (Wildman–Crippen LogP) is 4.25. The molecule has 1 N–H and O–H groups in total. The maximum atomic E-state index is 13.0. The summed E-state index contributed by atoms with van der Waals surface area (Å²) < 4.78 is 3.42. The van der Waals surface area contributed by atoms with Crippen molar-refractivity contribution in [3.63, 3.8) is 0 Å². The lowest BCUT2D eigenvalue weighted by Crippen LogP contribution is -2.27. The summed E-state index contributed by atoms with van der Waals surface area (Å²) in [4.78, 5) is 13.0. The molecule has 0 saturated heterocycles. The molecule has 0 unspecified atom stereocenters. The van der Waals surface area contributed by atoms with Crippen molar-refractivity contribution in [1.29, 1.82) is 0 Å². The second kappa shape index (κ2) is 9.72. The molecule has 0 atom stereocenters. The molecule has 32 heavy (non-hydrogen) atoms. The summed E-state index contributed by atoms with van der Waals surface area (Å²) in [5.41, 5.74) is 4.11. The SMILES string of the molecule is CCCCCc1nn(C(C)C)c(=O)n1Cc1ccc(-c2cccc(-c3nn[nH]n3)c2)cc1. The molecule has 2 aromatic carbocycles. The van der Waals surface area contributed by atoms with Crippen LogP contribution in [0.1, 0.15) is 57.5 Å². The number of aryl methyl sites for hydroxylation is 1. The molecule has 0 aliphatic rings. The molecular formula is C24H29N7O. The zero-order chi connectivity index (χ0) is 22.5. The van der Waals surface area contributed by atoms with E-state index in [1.807, 2.05) is 36.6 Å². The Morgan fingerprint density at radius 2 is 1.78 bits per heavy atom. The van der Waals surface area contributed by atoms with Gasteiger partial charge in [-0.25, -0.2) is 9.48 Å². The Balaban J connectivity index is 1.57. The van der Waals surface area contributed by atoms with Crippen molar-refractivity contribution < 1.29 is 0 Å². The minimum Gasteiger partial charge on any atom is -0.274 e. The van der Waals surface area contributed by atoms with Crippen molar-refractivity contribution in [2.24, 2.45) is 0 Å². The number of aromatic nitrogens is 7. The second-order valence-corrected chi connectivity index (χ2v) is 8.29. The second-order valence-electron chi connectivity index (χ2n) is 8.29. The minimum absolute atomic E-state index is 0.0385. The van der Waals surface area contributed by atoms with Crippen LogP contribution in [0.3, 0.4) is 0 Å². The van der Waals surface area contributed by atoms with Gasteiger partial charge in [0.15, 0.2) is 0 Å². The van der Waals surface area contributed by atoms with Gasteiger partial charge in [0.05, 0.1) is 12.6 Å². The number of nitrogens with zero attached hydrogens (tertiary/aromatic N) is 6. The van der Waals surface area contributed by atoms with Gasteiger partial charge in [-0.05, 0) is 48.2 Å². The van der Waals surface area contributed by atoms with Crippen LogP contribution in [0.15, 0.2) is 53.3 Å². The highest BCUT2D eigenvalue weighted by atomic mass is 16.2. The molecule has 0 fully saturated rings. The molecule has 2 heterocycles. The number of H-pyrrole nitrogens is 1. The van der Waals surface area contributed by atoms with E-state index in [2.05, 4.69) is 63.0 Å². The summed E-state index contributed by atoms with van der Waals surface area (Å²) in [6.45, 7) is 6.69. The molecule has 0 aliphatic heterocycles. The Morgan fingerprint density at radius 3 is 2.47 bits per heavy atom. The number of hydrogen-bond donors (Lipinski definition) is 1. The van der Waals surface area contributed by atoms with Gasteiger partial charge >= 0.3 is 5.69 Å². The van der Waals surface area contributed by atoms with Crippen LogP contribution in [0.4, 0.5) is 0 Å². The van der Waals surface area contributed by atoms with Crippen molar-refractivity contribution in [2.45, 2.75) is 59.0 Å². The van der Waals surface area contributed by atoms with Crippen molar-refractivity contribution in [1.82, 2.24) is 35.0 Å². The molecule has 0 spiro atoms. The van der Waals surface area contributed by atoms with Crippen LogP contribution < -0.4 is 5.69 Å². The van der Waals surface area contributed by atoms with Crippen molar-refractivity contribution in [2.75, 3.05) is 0 Å². The van der Waals surface area contributed by atoms with E-state index in [9.17, 15) is 4.79 Å². The fourth-order valence-electron chi connectivity index (χ4n) is 3.78. The zero-order valence-corrected chi connectivity index (χ0v) is 18.8. The first-order valence-electron chi connectivity index (χ1n) is 11.2. The zero-order valence-electron chi connectivity index (χ0n) is 18.8. The molecule has 4 rings (SSSR count). The number of rotatable bonds is 9. The Morgan fingerprint density at radius 1 is 1.00 bits per heavy atom. The third-order valence-corrected chi connectivity index (χ3v) is 5.55. The van der Waals surface area contributed by atoms with Crippen LogP contribution in [-0.4, -0.2) is 35.0 Å². The Hall–Kier alpha value is -3.55. The highest BCUT2D eigenvalue weighted by Crippen LogP contribution is 2.24. The van der Waals surface area contributed by atoms with Gasteiger partial charge in [0.1, 0.15) is 5.82 Å². The molecule has 8 nitrogen and oxygen atoms in total. The lowest BCUT2D eigenvalue weighted by molar-refractivity contribution is 0.504. The van der Waals surface area contributed by atoms with Crippen molar-refractivity contribution in [3.8, 4) is 22.5 Å². The average molecular weight is 432 g/mol. The summed E-state index contributed by atoms with van der Waals surface area (Å²) >= 11 is 0. The van der Waals surface area contributed by atoms with E-state index in [-0.39, 0.29) is 11.7 Å². The minimum atomic E-state index is -0.0385. The van der Waals surface area contributed by atoms with Crippen molar-refractivity contribution >= 4 is 0 Å². The third-order valence-electron chi connectivity index (χ3n) is 5.55. The van der Waals surface area contributed by atoms with Crippen LogP contribution in [0.5, 0.6) is 0 Å². The number of aromatic amines is 1. The summed E-state index contributed by atoms with van der Waals surface area (Å²) in [6.07, 6.45) is 4.15. The largest absolute Gasteiger partial charge is 0.346 e. The van der Waals surface area contributed by atoms with Gasteiger partial charge < -0.3 is 0 Å². The molecule has 0 amide bonds. The van der Waals surface area contributed by atoms with E-state index < -0.39 is 0 Å². The summed E-state index contributed by atoms with van der Waals surface area (Å²) in [5.74, 6) is 1.44. The average Bonchev–Trinajstić information content (AvgIpc) is 3.44. The highest BCUT2D eigenvalue weighted by molar-refractivity contribution is 5.70. The topological polar surface area (TPSA) is 94.3 Å². The number of nitrogens with one attached hydrogen (secondary N) is 1. The Labute approximate surface area is 187 Å². The lowest BCUT2D eigenvalue weighted by atomic mass is 10.0.